The lowest BCUT2D eigenvalue weighted by molar-refractivity contribution is 0.0943. The molecule has 0 aliphatic carbocycles. The van der Waals surface area contributed by atoms with Crippen molar-refractivity contribution in [2.24, 2.45) is 7.05 Å². The predicted octanol–water partition coefficient (Wildman–Crippen LogP) is 3.23. The van der Waals surface area contributed by atoms with Gasteiger partial charge in [-0.3, -0.25) is 4.79 Å². The molecule has 3 aromatic rings. The molecule has 0 spiro atoms. The van der Waals surface area contributed by atoms with Gasteiger partial charge in [-0.25, -0.2) is 0 Å². The number of carbonyl (C=O) groups excluding carboxylic acids is 1. The van der Waals surface area contributed by atoms with Crippen molar-refractivity contribution in [3.63, 3.8) is 0 Å². The average molecular weight is 288 g/mol. The predicted molar refractivity (Wildman–Crippen MR) is 87.3 cm³/mol. The van der Waals surface area contributed by atoms with Gasteiger partial charge >= 0.3 is 0 Å². The number of nitrogens with zero attached hydrogens (tertiary/aromatic N) is 1. The first kappa shape index (κ1) is 14.4. The third-order valence-corrected chi connectivity index (χ3v) is 3.70. The largest absolute Gasteiger partial charge is 0.347 e. The third kappa shape index (κ3) is 2.75. The minimum Gasteiger partial charge on any atom is -0.347 e. The summed E-state index contributed by atoms with van der Waals surface area (Å²) in [5, 5.41) is 3.87. The molecule has 1 N–H and O–H groups in total. The Morgan fingerprint density at radius 1 is 1.09 bits per heavy atom. The second kappa shape index (κ2) is 5.68. The first-order valence-corrected chi connectivity index (χ1v) is 7.02. The molecule has 0 saturated carbocycles. The molecule has 3 rings (SSSR count). The van der Waals surface area contributed by atoms with E-state index in [1.54, 1.807) is 0 Å². The maximum Gasteiger partial charge on any atom is 0.268 e. The van der Waals surface area contributed by atoms with Crippen LogP contribution in [0, 0.1) is 13.8 Å². The molecule has 2 aromatic carbocycles. The van der Waals surface area contributed by atoms with E-state index < -0.39 is 0 Å². The number of aryl methyl sites for hydroxylation is 1. The fourth-order valence-corrected chi connectivity index (χ4v) is 2.56. The Hall–Kier alpha value is -2.55. The van der Waals surface area contributed by atoms with Crippen molar-refractivity contribution in [2.75, 3.05) is 0 Å². The van der Waals surface area contributed by atoms with Crippen LogP contribution in [0.4, 0.5) is 0 Å². The van der Waals surface area contributed by atoms with Crippen LogP contribution in [0.25, 0.3) is 10.9 Å². The van der Waals surface area contributed by atoms with E-state index in [0.717, 1.165) is 16.5 Å². The number of aromatic nitrogens is 1. The number of benzene rings is 2. The molecule has 0 fully saturated rings. The number of amides is 1. The van der Waals surface area contributed by atoms with Gasteiger partial charge in [0.15, 0.2) is 0 Å². The first-order valence-electron chi connectivity index (χ1n) is 7.02. The second-order valence-electron chi connectivity index (χ2n) is 5.33. The normalized spacial score (nSPS) is 10.9. The minimum absolute atomic E-state index is 0.125. The molecule has 1 aromatic heterocycles. The summed E-state index contributed by atoms with van der Waals surface area (Å²) < 4.78 is 1.86. The highest BCUT2D eigenvalue weighted by molar-refractivity contribution is 5.98. The second-order valence-corrected chi connectivity index (χ2v) is 5.33. The van der Waals surface area contributed by atoms with Gasteiger partial charge in [0.2, 0.25) is 0 Å². The minimum atomic E-state index is -0.125. The molecule has 0 aliphatic heterocycles. The van der Waals surface area contributed by atoms with Crippen LogP contribution in [-0.2, 0) is 13.6 Å². The molecule has 22 heavy (non-hydrogen) atoms. The number of fused-ring (bicyclic) bond motifs is 1. The molecular weight excluding hydrogens is 272 g/mol. The summed E-state index contributed by atoms with van der Waals surface area (Å²) in [5.74, 6) is -0.125. The van der Waals surface area contributed by atoms with E-state index in [2.05, 4.69) is 5.32 Å². The van der Waals surface area contributed by atoms with Crippen molar-refractivity contribution in [1.82, 2.24) is 9.88 Å². The molecule has 108 valence electrons. The summed E-state index contributed by atoms with van der Waals surface area (Å²) in [4.78, 5) is 12.4. The molecule has 0 atom stereocenters. The molecule has 0 bridgehead atoms. The Kier molecular flexibility index (Phi) is 3.72. The van der Waals surface area contributed by atoms with Crippen LogP contribution in [0.2, 0.25) is 0 Å². The third-order valence-electron chi connectivity index (χ3n) is 3.70. The number of hydrogen-bond donors (Lipinski definition) is 1. The Morgan fingerprint density at radius 3 is 2.64 bits per heavy atom. The molecule has 0 aliphatic rings. The van der Waals surface area contributed by atoms with Crippen molar-refractivity contribution < 1.29 is 4.79 Å². The number of rotatable bonds is 3. The van der Waals surface area contributed by atoms with E-state index in [1.807, 2.05) is 60.1 Å². The van der Waals surface area contributed by atoms with Gasteiger partial charge in [-0.2, -0.15) is 0 Å². The van der Waals surface area contributed by atoms with Gasteiger partial charge in [0.05, 0.1) is 0 Å². The van der Waals surface area contributed by atoms with E-state index >= 15 is 0 Å². The highest BCUT2D eigenvalue weighted by atomic mass is 16.1. The summed E-state index contributed by atoms with van der Waals surface area (Å²) in [6, 6.07) is 14.9. The smallest absolute Gasteiger partial charge is 0.268 e. The van der Waals surface area contributed by atoms with E-state index in [-0.39, 0.29) is 5.91 Å². The summed E-state index contributed by atoms with van der Waals surface area (Å²) in [7, 11) is 1.87. The SMILES string of the molecule is [CH]c1cccc(CNC(=O)c2cc3cc([CH])ccc3n2C)c1. The van der Waals surface area contributed by atoms with Crippen molar-refractivity contribution >= 4 is 16.8 Å². The van der Waals surface area contributed by atoms with Crippen molar-refractivity contribution in [3.05, 3.63) is 84.8 Å². The standard InChI is InChI=1S/C19H16N2O/c1-13-5-4-6-15(9-13)12-20-19(22)18-11-16-10-14(2)7-8-17(16)21(18)3/h1-2,4-11H,12H2,3H3,(H,20,22). The summed E-state index contributed by atoms with van der Waals surface area (Å²) >= 11 is 0. The lowest BCUT2D eigenvalue weighted by Gasteiger charge is -2.07. The van der Waals surface area contributed by atoms with Crippen LogP contribution in [0.5, 0.6) is 0 Å². The molecule has 0 saturated heterocycles. The van der Waals surface area contributed by atoms with Crippen molar-refractivity contribution in [3.8, 4) is 0 Å². The number of carbonyl (C=O) groups is 1. The maximum atomic E-state index is 12.4. The Bertz CT molecular complexity index is 846. The van der Waals surface area contributed by atoms with Gasteiger partial charge in [0.1, 0.15) is 5.69 Å². The molecule has 0 unspecified atom stereocenters. The van der Waals surface area contributed by atoms with E-state index in [0.29, 0.717) is 23.4 Å². The number of nitrogens with one attached hydrogen (secondary N) is 1. The Morgan fingerprint density at radius 2 is 1.86 bits per heavy atom. The van der Waals surface area contributed by atoms with Crippen molar-refractivity contribution in [2.45, 2.75) is 6.54 Å². The molecule has 1 amide bonds. The fraction of sp³-hybridized carbons (Fsp3) is 0.105. The van der Waals surface area contributed by atoms with E-state index in [4.69, 9.17) is 13.8 Å². The highest BCUT2D eigenvalue weighted by Crippen LogP contribution is 2.20. The topological polar surface area (TPSA) is 34.0 Å². The van der Waals surface area contributed by atoms with Crippen LogP contribution >= 0.6 is 0 Å². The van der Waals surface area contributed by atoms with Crippen LogP contribution in [-0.4, -0.2) is 10.5 Å². The Balaban J connectivity index is 1.81. The average Bonchev–Trinajstić information content (AvgIpc) is 2.81. The van der Waals surface area contributed by atoms with Gasteiger partial charge in [-0.15, -0.1) is 0 Å². The molecular formula is C19H16N2O. The maximum absolute atomic E-state index is 12.4. The number of hydrogen-bond acceptors (Lipinski definition) is 1. The van der Waals surface area contributed by atoms with Gasteiger partial charge in [0.25, 0.3) is 5.91 Å². The summed E-state index contributed by atoms with van der Waals surface area (Å²) in [6.45, 7) is 12.0. The van der Waals surface area contributed by atoms with E-state index in [1.165, 1.54) is 0 Å². The lowest BCUT2D eigenvalue weighted by atomic mass is 10.1. The zero-order valence-corrected chi connectivity index (χ0v) is 12.3. The summed E-state index contributed by atoms with van der Waals surface area (Å²) in [6.07, 6.45) is 0. The van der Waals surface area contributed by atoms with Crippen LogP contribution in [0.3, 0.4) is 0 Å². The summed E-state index contributed by atoms with van der Waals surface area (Å²) in [5.41, 5.74) is 3.92. The van der Waals surface area contributed by atoms with Crippen molar-refractivity contribution in [1.29, 1.82) is 0 Å². The highest BCUT2D eigenvalue weighted by Gasteiger charge is 2.13. The first-order chi connectivity index (χ1) is 10.5. The van der Waals surface area contributed by atoms with Gasteiger partial charge < -0.3 is 9.88 Å². The molecule has 1 heterocycles. The van der Waals surface area contributed by atoms with Crippen LogP contribution < -0.4 is 5.32 Å². The van der Waals surface area contributed by atoms with E-state index in [9.17, 15) is 4.79 Å². The van der Waals surface area contributed by atoms with Gasteiger partial charge in [-0.1, -0.05) is 30.3 Å². The molecule has 4 radical (unpaired) electrons. The van der Waals surface area contributed by atoms with Gasteiger partial charge in [-0.05, 0) is 48.7 Å². The molecule has 3 nitrogen and oxygen atoms in total. The van der Waals surface area contributed by atoms with Crippen LogP contribution in [0.15, 0.2) is 48.5 Å². The monoisotopic (exact) mass is 288 g/mol. The fourth-order valence-electron chi connectivity index (χ4n) is 2.56. The Labute approximate surface area is 130 Å². The lowest BCUT2D eigenvalue weighted by Crippen LogP contribution is -2.24. The zero-order valence-electron chi connectivity index (χ0n) is 12.3. The zero-order chi connectivity index (χ0) is 15.7. The molecule has 3 heteroatoms. The van der Waals surface area contributed by atoms with Crippen LogP contribution in [0.1, 0.15) is 27.2 Å². The quantitative estimate of drug-likeness (QED) is 0.789. The van der Waals surface area contributed by atoms with Gasteiger partial charge in [0, 0.05) is 24.5 Å².